The quantitative estimate of drug-likeness (QED) is 0.891. The lowest BCUT2D eigenvalue weighted by Gasteiger charge is -2.42. The predicted octanol–water partition coefficient (Wildman–Crippen LogP) is 1.82. The lowest BCUT2D eigenvalue weighted by atomic mass is 9.83. The molecule has 1 aromatic carbocycles. The molecule has 0 bridgehead atoms. The van der Waals surface area contributed by atoms with Crippen LogP contribution in [0.4, 0.5) is 0 Å². The van der Waals surface area contributed by atoms with Gasteiger partial charge in [0.05, 0.1) is 19.1 Å². The number of nitrogens with zero attached hydrogens (tertiary/aromatic N) is 2. The van der Waals surface area contributed by atoms with E-state index in [4.69, 9.17) is 4.74 Å². The Labute approximate surface area is 155 Å². The van der Waals surface area contributed by atoms with E-state index >= 15 is 0 Å². The molecule has 6 nitrogen and oxygen atoms in total. The van der Waals surface area contributed by atoms with Crippen molar-refractivity contribution in [3.63, 3.8) is 0 Å². The van der Waals surface area contributed by atoms with Crippen LogP contribution in [-0.2, 0) is 9.59 Å². The fraction of sp³-hybridized carbons (Fsp3) is 0.600. The Hall–Kier alpha value is -2.08. The number of likely N-dealkylation sites (tertiary alicyclic amines) is 1. The van der Waals surface area contributed by atoms with Gasteiger partial charge in [0.15, 0.2) is 0 Å². The van der Waals surface area contributed by atoms with Crippen LogP contribution in [0.15, 0.2) is 24.3 Å². The highest BCUT2D eigenvalue weighted by molar-refractivity contribution is 5.85. The van der Waals surface area contributed by atoms with Crippen molar-refractivity contribution >= 4 is 11.8 Å². The molecule has 2 heterocycles. The minimum atomic E-state index is -0.198. The summed E-state index contributed by atoms with van der Waals surface area (Å²) in [7, 11) is 1.64. The first-order chi connectivity index (χ1) is 12.7. The Morgan fingerprint density at radius 1 is 1.23 bits per heavy atom. The van der Waals surface area contributed by atoms with E-state index < -0.39 is 0 Å². The van der Waals surface area contributed by atoms with Gasteiger partial charge in [-0.2, -0.15) is 0 Å². The summed E-state index contributed by atoms with van der Waals surface area (Å²) in [5, 5.41) is 3.35. The summed E-state index contributed by atoms with van der Waals surface area (Å²) in [5.41, 5.74) is 1.01. The molecule has 0 aliphatic carbocycles. The van der Waals surface area contributed by atoms with Gasteiger partial charge >= 0.3 is 0 Å². The van der Waals surface area contributed by atoms with Gasteiger partial charge in [-0.05, 0) is 44.0 Å². The van der Waals surface area contributed by atoms with Crippen LogP contribution in [0.5, 0.6) is 5.75 Å². The minimum absolute atomic E-state index is 0.134. The average Bonchev–Trinajstić information content (AvgIpc) is 2.97. The fourth-order valence-corrected chi connectivity index (χ4v) is 4.10. The number of piperidine rings is 1. The molecule has 1 aromatic rings. The van der Waals surface area contributed by atoms with Crippen LogP contribution in [0.2, 0.25) is 0 Å². The number of methoxy groups -OCH3 is 1. The number of ether oxygens (including phenoxy) is 1. The standard InChI is InChI=1S/C20H29N3O3/c1-3-23-18(24)10-9-17(20(25)22-13-4-11-21-12-14-22)19(23)15-5-7-16(26-2)8-6-15/h5-8,17,19,21H,3-4,9-14H2,1-2H3/t17-,19+/m1/s1. The monoisotopic (exact) mass is 359 g/mol. The van der Waals surface area contributed by atoms with Gasteiger partial charge in [-0.1, -0.05) is 12.1 Å². The van der Waals surface area contributed by atoms with Gasteiger partial charge in [-0.3, -0.25) is 9.59 Å². The van der Waals surface area contributed by atoms with Gasteiger partial charge in [-0.25, -0.2) is 0 Å². The third kappa shape index (κ3) is 3.85. The predicted molar refractivity (Wildman–Crippen MR) is 99.9 cm³/mol. The molecule has 26 heavy (non-hydrogen) atoms. The Bertz CT molecular complexity index is 624. The molecule has 0 saturated carbocycles. The summed E-state index contributed by atoms with van der Waals surface area (Å²) in [4.78, 5) is 29.7. The van der Waals surface area contributed by atoms with E-state index in [0.717, 1.165) is 43.9 Å². The lowest BCUT2D eigenvalue weighted by molar-refractivity contribution is -0.147. The second-order valence-corrected chi connectivity index (χ2v) is 6.97. The van der Waals surface area contributed by atoms with E-state index in [2.05, 4.69) is 5.32 Å². The van der Waals surface area contributed by atoms with Gasteiger partial charge in [0.1, 0.15) is 5.75 Å². The Morgan fingerprint density at radius 2 is 2.00 bits per heavy atom. The molecule has 1 N–H and O–H groups in total. The van der Waals surface area contributed by atoms with Crippen LogP contribution >= 0.6 is 0 Å². The maximum absolute atomic E-state index is 13.3. The Kier molecular flexibility index (Phi) is 6.14. The molecule has 2 atom stereocenters. The smallest absolute Gasteiger partial charge is 0.228 e. The molecule has 0 radical (unpaired) electrons. The summed E-state index contributed by atoms with van der Waals surface area (Å²) in [6, 6.07) is 7.57. The summed E-state index contributed by atoms with van der Waals surface area (Å²) in [6.07, 6.45) is 2.04. The van der Waals surface area contributed by atoms with Crippen molar-refractivity contribution < 1.29 is 14.3 Å². The van der Waals surface area contributed by atoms with E-state index in [1.807, 2.05) is 41.0 Å². The highest BCUT2D eigenvalue weighted by Gasteiger charge is 2.41. The highest BCUT2D eigenvalue weighted by Crippen LogP contribution is 2.38. The lowest BCUT2D eigenvalue weighted by Crippen LogP contribution is -2.49. The maximum atomic E-state index is 13.3. The molecule has 3 rings (SSSR count). The van der Waals surface area contributed by atoms with Crippen LogP contribution < -0.4 is 10.1 Å². The molecular formula is C20H29N3O3. The molecule has 0 spiro atoms. The van der Waals surface area contributed by atoms with Gasteiger partial charge in [0, 0.05) is 32.6 Å². The average molecular weight is 359 g/mol. The third-order valence-electron chi connectivity index (χ3n) is 5.47. The van der Waals surface area contributed by atoms with Crippen LogP contribution in [0, 0.1) is 5.92 Å². The molecular weight excluding hydrogens is 330 g/mol. The molecule has 0 aromatic heterocycles. The van der Waals surface area contributed by atoms with Gasteiger partial charge in [-0.15, -0.1) is 0 Å². The molecule has 6 heteroatoms. The first-order valence-electron chi connectivity index (χ1n) is 9.58. The molecule has 142 valence electrons. The van der Waals surface area contributed by atoms with Crippen LogP contribution in [0.3, 0.4) is 0 Å². The number of carbonyl (C=O) groups excluding carboxylic acids is 2. The normalized spacial score (nSPS) is 24.3. The number of rotatable bonds is 4. The molecule has 2 amide bonds. The summed E-state index contributed by atoms with van der Waals surface area (Å²) in [5.74, 6) is 0.912. The van der Waals surface area contributed by atoms with Gasteiger partial charge in [0.25, 0.3) is 0 Å². The van der Waals surface area contributed by atoms with E-state index in [1.165, 1.54) is 0 Å². The summed E-state index contributed by atoms with van der Waals surface area (Å²) < 4.78 is 5.25. The number of hydrogen-bond donors (Lipinski definition) is 1. The Morgan fingerprint density at radius 3 is 2.69 bits per heavy atom. The molecule has 2 fully saturated rings. The number of hydrogen-bond acceptors (Lipinski definition) is 4. The highest BCUT2D eigenvalue weighted by atomic mass is 16.5. The summed E-state index contributed by atoms with van der Waals surface area (Å²) >= 11 is 0. The van der Waals surface area contributed by atoms with E-state index in [-0.39, 0.29) is 23.8 Å². The molecule has 2 saturated heterocycles. The zero-order valence-electron chi connectivity index (χ0n) is 15.7. The van der Waals surface area contributed by atoms with Gasteiger partial charge in [0.2, 0.25) is 11.8 Å². The first kappa shape index (κ1) is 18.7. The van der Waals surface area contributed by atoms with Crippen LogP contribution in [-0.4, -0.2) is 61.4 Å². The van der Waals surface area contributed by atoms with Crippen molar-refractivity contribution in [2.45, 2.75) is 32.2 Å². The van der Waals surface area contributed by atoms with E-state index in [9.17, 15) is 9.59 Å². The Balaban J connectivity index is 1.89. The molecule has 0 unspecified atom stereocenters. The van der Waals surface area contributed by atoms with Crippen molar-refractivity contribution in [1.82, 2.24) is 15.1 Å². The number of amides is 2. The molecule has 2 aliphatic heterocycles. The number of carbonyl (C=O) groups is 2. The minimum Gasteiger partial charge on any atom is -0.497 e. The van der Waals surface area contributed by atoms with Crippen LogP contribution in [0.25, 0.3) is 0 Å². The zero-order valence-corrected chi connectivity index (χ0v) is 15.7. The van der Waals surface area contributed by atoms with Crippen molar-refractivity contribution in [2.75, 3.05) is 39.8 Å². The maximum Gasteiger partial charge on any atom is 0.228 e. The third-order valence-corrected chi connectivity index (χ3v) is 5.47. The summed E-state index contributed by atoms with van der Waals surface area (Å²) in [6.45, 7) is 5.92. The number of benzene rings is 1. The molecule has 2 aliphatic rings. The second-order valence-electron chi connectivity index (χ2n) is 6.97. The van der Waals surface area contributed by atoms with Crippen molar-refractivity contribution in [2.24, 2.45) is 5.92 Å². The SMILES string of the molecule is CCN1C(=O)CC[C@@H](C(=O)N2CCCNCC2)[C@@H]1c1ccc(OC)cc1. The van der Waals surface area contributed by atoms with E-state index in [1.54, 1.807) is 7.11 Å². The zero-order chi connectivity index (χ0) is 18.5. The second kappa shape index (κ2) is 8.54. The van der Waals surface area contributed by atoms with Crippen molar-refractivity contribution in [3.05, 3.63) is 29.8 Å². The fourth-order valence-electron chi connectivity index (χ4n) is 4.10. The van der Waals surface area contributed by atoms with Crippen molar-refractivity contribution in [1.29, 1.82) is 0 Å². The van der Waals surface area contributed by atoms with E-state index in [0.29, 0.717) is 19.4 Å². The van der Waals surface area contributed by atoms with Crippen molar-refractivity contribution in [3.8, 4) is 5.75 Å². The first-order valence-corrected chi connectivity index (χ1v) is 9.58. The topological polar surface area (TPSA) is 61.9 Å². The number of nitrogens with one attached hydrogen (secondary N) is 1. The van der Waals surface area contributed by atoms with Crippen LogP contribution in [0.1, 0.15) is 37.8 Å². The van der Waals surface area contributed by atoms with Gasteiger partial charge < -0.3 is 19.9 Å². The largest absolute Gasteiger partial charge is 0.497 e.